The number of hydrogen-bond acceptors (Lipinski definition) is 5. The zero-order valence-electron chi connectivity index (χ0n) is 11.5. The van der Waals surface area contributed by atoms with Crippen molar-refractivity contribution in [1.29, 1.82) is 0 Å². The summed E-state index contributed by atoms with van der Waals surface area (Å²) in [6.45, 7) is 3.61. The highest BCUT2D eigenvalue weighted by Gasteiger charge is 2.63. The van der Waals surface area contributed by atoms with Crippen LogP contribution in [0.3, 0.4) is 0 Å². The summed E-state index contributed by atoms with van der Waals surface area (Å²) in [6, 6.07) is 0. The van der Waals surface area contributed by atoms with Crippen molar-refractivity contribution in [2.24, 2.45) is 5.41 Å². The van der Waals surface area contributed by atoms with Gasteiger partial charge in [0.25, 0.3) is 0 Å². The molecule has 8 nitrogen and oxygen atoms in total. The third kappa shape index (κ3) is 2.89. The molecule has 0 saturated carbocycles. The molecule has 0 radical (unpaired) electrons. The minimum absolute atomic E-state index is 0.317. The van der Waals surface area contributed by atoms with Gasteiger partial charge in [-0.15, -0.1) is 0 Å². The Morgan fingerprint density at radius 2 is 1.45 bits per heavy atom. The maximum atomic E-state index is 11.6. The first-order chi connectivity index (χ1) is 9.09. The maximum Gasteiger partial charge on any atom is 0.349 e. The molecule has 0 aromatic heterocycles. The van der Waals surface area contributed by atoms with Crippen LogP contribution in [-0.4, -0.2) is 44.8 Å². The topological polar surface area (TPSA) is 138 Å². The van der Waals surface area contributed by atoms with E-state index >= 15 is 0 Å². The van der Waals surface area contributed by atoms with Crippen molar-refractivity contribution in [3.63, 3.8) is 0 Å². The van der Waals surface area contributed by atoms with Gasteiger partial charge in [0.2, 0.25) is 5.60 Å². The van der Waals surface area contributed by atoms with Gasteiger partial charge in [-0.05, 0) is 12.8 Å². The number of carbonyl (C=O) groups is 4. The smallest absolute Gasteiger partial charge is 0.349 e. The fourth-order valence-electron chi connectivity index (χ4n) is 2.36. The van der Waals surface area contributed by atoms with Gasteiger partial charge in [0.1, 0.15) is 5.41 Å². The molecular formula is C12H18O8. The van der Waals surface area contributed by atoms with Gasteiger partial charge in [0.05, 0.1) is 6.42 Å². The third-order valence-electron chi connectivity index (χ3n) is 3.40. The van der Waals surface area contributed by atoms with Gasteiger partial charge in [0.15, 0.2) is 0 Å². The molecule has 0 saturated heterocycles. The van der Waals surface area contributed by atoms with Crippen molar-refractivity contribution in [2.75, 3.05) is 0 Å². The fraction of sp³-hybridized carbons (Fsp3) is 0.667. The second-order valence-electron chi connectivity index (χ2n) is 4.39. The van der Waals surface area contributed by atoms with Crippen molar-refractivity contribution in [3.05, 3.63) is 0 Å². The first kappa shape index (κ1) is 17.9. The molecule has 0 heterocycles. The summed E-state index contributed by atoms with van der Waals surface area (Å²) in [5.41, 5.74) is -4.68. The zero-order valence-corrected chi connectivity index (χ0v) is 11.5. The summed E-state index contributed by atoms with van der Waals surface area (Å²) >= 11 is 0. The van der Waals surface area contributed by atoms with Crippen LogP contribution in [0, 0.1) is 5.41 Å². The molecule has 0 rings (SSSR count). The molecule has 2 atom stereocenters. The number of aliphatic carboxylic acids is 3. The van der Waals surface area contributed by atoms with Crippen LogP contribution in [0.1, 0.15) is 40.0 Å². The molecule has 0 unspecified atom stereocenters. The van der Waals surface area contributed by atoms with E-state index in [0.717, 1.165) is 6.92 Å². The predicted molar refractivity (Wildman–Crippen MR) is 65.0 cm³/mol. The van der Waals surface area contributed by atoms with E-state index in [-0.39, 0.29) is 12.8 Å². The monoisotopic (exact) mass is 290 g/mol. The van der Waals surface area contributed by atoms with Crippen LogP contribution in [0.25, 0.3) is 0 Å². The molecule has 0 aliphatic carbocycles. The Kier molecular flexibility index (Phi) is 5.68. The summed E-state index contributed by atoms with van der Waals surface area (Å²) in [6.07, 6.45) is -1.65. The molecule has 0 fully saturated rings. The summed E-state index contributed by atoms with van der Waals surface area (Å²) in [5, 5.41) is 27.7. The molecule has 0 aromatic carbocycles. The average Bonchev–Trinajstić information content (AvgIpc) is 2.31. The number of ether oxygens (including phenoxy) is 1. The fourth-order valence-corrected chi connectivity index (χ4v) is 2.36. The van der Waals surface area contributed by atoms with E-state index in [2.05, 4.69) is 0 Å². The molecule has 0 aromatic rings. The second-order valence-corrected chi connectivity index (χ2v) is 4.39. The van der Waals surface area contributed by atoms with Crippen molar-refractivity contribution in [1.82, 2.24) is 0 Å². The molecule has 0 aliphatic rings. The van der Waals surface area contributed by atoms with Crippen LogP contribution in [0.2, 0.25) is 0 Å². The second kappa shape index (κ2) is 6.36. The minimum Gasteiger partial charge on any atom is -0.481 e. The Bertz CT molecular complexity index is 389. The van der Waals surface area contributed by atoms with Gasteiger partial charge in [-0.3, -0.25) is 14.4 Å². The Balaban J connectivity index is 6.25. The van der Waals surface area contributed by atoms with Crippen LogP contribution in [-0.2, 0) is 23.9 Å². The van der Waals surface area contributed by atoms with E-state index in [9.17, 15) is 29.4 Å². The lowest BCUT2D eigenvalue weighted by molar-refractivity contribution is -0.207. The van der Waals surface area contributed by atoms with Gasteiger partial charge >= 0.3 is 23.9 Å². The summed E-state index contributed by atoms with van der Waals surface area (Å²) in [7, 11) is 0. The summed E-state index contributed by atoms with van der Waals surface area (Å²) in [5.74, 6) is -5.78. The molecule has 0 spiro atoms. The Morgan fingerprint density at radius 3 is 1.65 bits per heavy atom. The van der Waals surface area contributed by atoms with E-state index in [1.165, 1.54) is 13.8 Å². The quantitative estimate of drug-likeness (QED) is 0.556. The van der Waals surface area contributed by atoms with E-state index in [1.54, 1.807) is 0 Å². The molecule has 0 aliphatic heterocycles. The van der Waals surface area contributed by atoms with Gasteiger partial charge in [-0.1, -0.05) is 13.8 Å². The van der Waals surface area contributed by atoms with Gasteiger partial charge in [-0.2, -0.15) is 0 Å². The third-order valence-corrected chi connectivity index (χ3v) is 3.40. The predicted octanol–water partition coefficient (Wildman–Crippen LogP) is 0.739. The number of carboxylic acid groups (broad SMARTS) is 3. The highest BCUT2D eigenvalue weighted by Crippen LogP contribution is 2.44. The van der Waals surface area contributed by atoms with Gasteiger partial charge in [0, 0.05) is 6.92 Å². The number of carboxylic acids is 3. The highest BCUT2D eigenvalue weighted by atomic mass is 16.6. The van der Waals surface area contributed by atoms with Crippen molar-refractivity contribution in [3.8, 4) is 0 Å². The molecular weight excluding hydrogens is 272 g/mol. The van der Waals surface area contributed by atoms with Crippen molar-refractivity contribution < 1.29 is 39.2 Å². The molecule has 3 N–H and O–H groups in total. The lowest BCUT2D eigenvalue weighted by Crippen LogP contribution is -2.60. The van der Waals surface area contributed by atoms with E-state index in [0.29, 0.717) is 0 Å². The molecule has 0 amide bonds. The van der Waals surface area contributed by atoms with Crippen LogP contribution in [0.5, 0.6) is 0 Å². The standard InChI is InChI=1S/C12H18O8/c1-4-11(9(16)17,6-8(14)15)12(5-2,10(18)19)20-7(3)13/h4-6H2,1-3H3,(H,14,15)(H,16,17)(H,18,19)/t11-,12+/m0/s1. The van der Waals surface area contributed by atoms with E-state index < -0.39 is 41.3 Å². The highest BCUT2D eigenvalue weighted by molar-refractivity contribution is 5.93. The van der Waals surface area contributed by atoms with Crippen molar-refractivity contribution >= 4 is 23.9 Å². The van der Waals surface area contributed by atoms with Crippen LogP contribution in [0.4, 0.5) is 0 Å². The van der Waals surface area contributed by atoms with E-state index in [4.69, 9.17) is 9.84 Å². The van der Waals surface area contributed by atoms with Crippen LogP contribution in [0.15, 0.2) is 0 Å². The molecule has 20 heavy (non-hydrogen) atoms. The normalized spacial score (nSPS) is 16.6. The Hall–Kier alpha value is -2.12. The number of hydrogen-bond donors (Lipinski definition) is 3. The lowest BCUT2D eigenvalue weighted by Gasteiger charge is -2.42. The van der Waals surface area contributed by atoms with Crippen molar-refractivity contribution in [2.45, 2.75) is 45.6 Å². The van der Waals surface area contributed by atoms with E-state index in [1.807, 2.05) is 0 Å². The first-order valence-corrected chi connectivity index (χ1v) is 5.97. The zero-order chi connectivity index (χ0) is 16.1. The van der Waals surface area contributed by atoms with Gasteiger partial charge < -0.3 is 20.1 Å². The SMILES string of the molecule is CC[C@](CC(=O)O)(C(=O)O)[C@](CC)(OC(C)=O)C(=O)O. The summed E-state index contributed by atoms with van der Waals surface area (Å²) < 4.78 is 4.78. The lowest BCUT2D eigenvalue weighted by atomic mass is 9.66. The Morgan fingerprint density at radius 1 is 0.950 bits per heavy atom. The average molecular weight is 290 g/mol. The molecule has 0 bridgehead atoms. The van der Waals surface area contributed by atoms with Gasteiger partial charge in [-0.25, -0.2) is 4.79 Å². The van der Waals surface area contributed by atoms with Crippen LogP contribution >= 0.6 is 0 Å². The number of carbonyl (C=O) groups excluding carboxylic acids is 1. The summed E-state index contributed by atoms with van der Waals surface area (Å²) in [4.78, 5) is 45.2. The van der Waals surface area contributed by atoms with Crippen LogP contribution < -0.4 is 0 Å². The first-order valence-electron chi connectivity index (χ1n) is 5.97. The largest absolute Gasteiger partial charge is 0.481 e. The molecule has 114 valence electrons. The number of rotatable bonds is 8. The number of esters is 1. The maximum absolute atomic E-state index is 11.6. The minimum atomic E-state index is -2.43. The molecule has 8 heteroatoms. The Labute approximate surface area is 115 Å².